The van der Waals surface area contributed by atoms with Crippen molar-refractivity contribution in [1.29, 1.82) is 0 Å². The van der Waals surface area contributed by atoms with Crippen molar-refractivity contribution in [3.05, 3.63) is 41.1 Å². The first kappa shape index (κ1) is 18.4. The molecule has 3 rings (SSSR count). The molecule has 1 aromatic carbocycles. The fraction of sp³-hybridized carbons (Fsp3) is 0.353. The van der Waals surface area contributed by atoms with E-state index in [4.69, 9.17) is 11.6 Å². The minimum absolute atomic E-state index is 0.0159. The zero-order valence-electron chi connectivity index (χ0n) is 14.5. The van der Waals surface area contributed by atoms with Crippen LogP contribution in [0.5, 0.6) is 0 Å². The quantitative estimate of drug-likeness (QED) is 0.615. The van der Waals surface area contributed by atoms with Gasteiger partial charge in [-0.05, 0) is 12.8 Å². The highest BCUT2D eigenvalue weighted by molar-refractivity contribution is 6.33. The maximum Gasteiger partial charge on any atom is 0.255 e. The summed E-state index contributed by atoms with van der Waals surface area (Å²) in [5, 5.41) is 3.99. The summed E-state index contributed by atoms with van der Waals surface area (Å²) in [5.41, 5.74) is -0.430. The lowest BCUT2D eigenvalue weighted by atomic mass is 10.0. The third-order valence-electron chi connectivity index (χ3n) is 3.88. The molecule has 0 radical (unpaired) electrons. The highest BCUT2D eigenvalue weighted by atomic mass is 35.5. The molecule has 5 nitrogen and oxygen atoms in total. The molecule has 26 heavy (non-hydrogen) atoms. The lowest BCUT2D eigenvalue weighted by Crippen LogP contribution is -2.30. The van der Waals surface area contributed by atoms with Gasteiger partial charge in [-0.25, -0.2) is 13.2 Å². The van der Waals surface area contributed by atoms with Crippen molar-refractivity contribution in [2.75, 3.05) is 18.0 Å². The first-order valence-electron chi connectivity index (χ1n) is 8.12. The fourth-order valence-corrected chi connectivity index (χ4v) is 3.15. The van der Waals surface area contributed by atoms with Crippen LogP contribution in [0.25, 0.3) is 16.9 Å². The van der Waals surface area contributed by atoms with Crippen molar-refractivity contribution in [2.24, 2.45) is 5.92 Å². The van der Waals surface area contributed by atoms with Crippen molar-refractivity contribution in [3.8, 4) is 11.1 Å². The number of aromatic nitrogens is 4. The lowest BCUT2D eigenvalue weighted by molar-refractivity contribution is 0.547. The fourth-order valence-electron chi connectivity index (χ4n) is 2.90. The van der Waals surface area contributed by atoms with E-state index in [1.54, 1.807) is 0 Å². The van der Waals surface area contributed by atoms with Crippen LogP contribution >= 0.6 is 11.6 Å². The first-order chi connectivity index (χ1) is 12.3. The van der Waals surface area contributed by atoms with E-state index in [2.05, 4.69) is 15.1 Å². The molecule has 0 spiro atoms. The number of anilines is 1. The Labute approximate surface area is 153 Å². The Balaban J connectivity index is 2.38. The van der Waals surface area contributed by atoms with Crippen molar-refractivity contribution >= 4 is 23.2 Å². The molecular weight excluding hydrogens is 367 g/mol. The van der Waals surface area contributed by atoms with Crippen molar-refractivity contribution < 1.29 is 13.2 Å². The predicted molar refractivity (Wildman–Crippen MR) is 93.8 cm³/mol. The topological polar surface area (TPSA) is 46.3 Å². The van der Waals surface area contributed by atoms with Gasteiger partial charge in [-0.15, -0.1) is 0 Å². The van der Waals surface area contributed by atoms with Gasteiger partial charge < -0.3 is 4.90 Å². The average molecular weight is 384 g/mol. The molecule has 2 heterocycles. The largest absolute Gasteiger partial charge is 0.356 e. The monoisotopic (exact) mass is 383 g/mol. The summed E-state index contributed by atoms with van der Waals surface area (Å²) in [5.74, 6) is -2.31. The van der Waals surface area contributed by atoms with E-state index in [-0.39, 0.29) is 22.4 Å². The number of rotatable bonds is 5. The molecule has 0 aliphatic carbocycles. The molecule has 0 saturated heterocycles. The van der Waals surface area contributed by atoms with Gasteiger partial charge in [0.05, 0.1) is 11.1 Å². The van der Waals surface area contributed by atoms with Crippen molar-refractivity contribution in [3.63, 3.8) is 0 Å². The van der Waals surface area contributed by atoms with Crippen LogP contribution < -0.4 is 4.90 Å². The molecule has 138 valence electrons. The Morgan fingerprint density at radius 1 is 1.15 bits per heavy atom. The Bertz CT molecular complexity index is 934. The Hall–Kier alpha value is -2.35. The molecule has 0 unspecified atom stereocenters. The molecule has 3 aromatic rings. The zero-order chi connectivity index (χ0) is 19.0. The average Bonchev–Trinajstić information content (AvgIpc) is 2.99. The number of nitrogens with zero attached hydrogens (tertiary/aromatic N) is 5. The van der Waals surface area contributed by atoms with E-state index < -0.39 is 23.0 Å². The second kappa shape index (κ2) is 7.11. The number of benzene rings is 1. The van der Waals surface area contributed by atoms with Gasteiger partial charge in [-0.2, -0.15) is 19.6 Å². The minimum Gasteiger partial charge on any atom is -0.356 e. The summed E-state index contributed by atoms with van der Waals surface area (Å²) in [4.78, 5) is 9.97. The van der Waals surface area contributed by atoms with Crippen LogP contribution in [0.15, 0.2) is 18.5 Å². The van der Waals surface area contributed by atoms with E-state index in [1.165, 1.54) is 10.8 Å². The second-order valence-corrected chi connectivity index (χ2v) is 6.61. The van der Waals surface area contributed by atoms with Crippen LogP contribution in [0.2, 0.25) is 5.15 Å². The summed E-state index contributed by atoms with van der Waals surface area (Å²) in [6.07, 6.45) is 1.28. The predicted octanol–water partition coefficient (Wildman–Crippen LogP) is 4.34. The maximum absolute atomic E-state index is 14.5. The zero-order valence-corrected chi connectivity index (χ0v) is 15.2. The van der Waals surface area contributed by atoms with Gasteiger partial charge in [0.1, 0.15) is 34.7 Å². The smallest absolute Gasteiger partial charge is 0.255 e. The Kier molecular flexibility index (Phi) is 5.04. The van der Waals surface area contributed by atoms with Gasteiger partial charge in [0.2, 0.25) is 0 Å². The highest BCUT2D eigenvalue weighted by Gasteiger charge is 2.27. The van der Waals surface area contributed by atoms with Crippen LogP contribution in [0.1, 0.15) is 20.8 Å². The van der Waals surface area contributed by atoms with Gasteiger partial charge in [0.25, 0.3) is 5.78 Å². The molecule has 0 amide bonds. The van der Waals surface area contributed by atoms with Crippen LogP contribution in [0.3, 0.4) is 0 Å². The number of fused-ring (bicyclic) bond motifs is 1. The maximum atomic E-state index is 14.5. The summed E-state index contributed by atoms with van der Waals surface area (Å²) in [6.45, 7) is 7.06. The molecule has 0 fully saturated rings. The molecular formula is C17H17ClF3N5. The minimum atomic E-state index is -1.06. The van der Waals surface area contributed by atoms with Crippen LogP contribution in [0, 0.1) is 23.4 Å². The first-order valence-corrected chi connectivity index (χ1v) is 8.50. The molecule has 0 bridgehead atoms. The van der Waals surface area contributed by atoms with E-state index in [1.807, 2.05) is 25.7 Å². The lowest BCUT2D eigenvalue weighted by Gasteiger charge is -2.28. The van der Waals surface area contributed by atoms with E-state index in [9.17, 15) is 13.2 Å². The van der Waals surface area contributed by atoms with Crippen LogP contribution in [-0.2, 0) is 0 Å². The summed E-state index contributed by atoms with van der Waals surface area (Å²) < 4.78 is 43.7. The third-order valence-corrected chi connectivity index (χ3v) is 4.16. The van der Waals surface area contributed by atoms with Gasteiger partial charge in [-0.1, -0.05) is 25.4 Å². The van der Waals surface area contributed by atoms with Crippen LogP contribution in [-0.4, -0.2) is 32.7 Å². The van der Waals surface area contributed by atoms with Gasteiger partial charge in [-0.3, -0.25) is 0 Å². The van der Waals surface area contributed by atoms with Crippen molar-refractivity contribution in [1.82, 2.24) is 19.6 Å². The number of hydrogen-bond acceptors (Lipinski definition) is 4. The molecule has 0 saturated carbocycles. The third kappa shape index (κ3) is 3.21. The second-order valence-electron chi connectivity index (χ2n) is 6.25. The molecule has 0 N–H and O–H groups in total. The highest BCUT2D eigenvalue weighted by Crippen LogP contribution is 2.39. The normalized spacial score (nSPS) is 11.5. The summed E-state index contributed by atoms with van der Waals surface area (Å²) in [7, 11) is 0. The Morgan fingerprint density at radius 3 is 2.38 bits per heavy atom. The van der Waals surface area contributed by atoms with Crippen LogP contribution in [0.4, 0.5) is 19.0 Å². The standard InChI is InChI=1S/C17H17ClF3N5/c1-4-25(7-9(2)3)16-14(13-11(20)5-10(19)6-12(13)21)15(18)24-17-22-8-23-26(16)17/h5-6,8-9H,4,7H2,1-3H3. The van der Waals surface area contributed by atoms with Gasteiger partial charge in [0, 0.05) is 25.2 Å². The number of halogens is 4. The van der Waals surface area contributed by atoms with Gasteiger partial charge in [0.15, 0.2) is 0 Å². The molecule has 0 atom stereocenters. The van der Waals surface area contributed by atoms with E-state index >= 15 is 0 Å². The number of hydrogen-bond donors (Lipinski definition) is 0. The Morgan fingerprint density at radius 2 is 1.81 bits per heavy atom. The molecule has 0 aliphatic rings. The van der Waals surface area contributed by atoms with Crippen molar-refractivity contribution in [2.45, 2.75) is 20.8 Å². The summed E-state index contributed by atoms with van der Waals surface area (Å²) >= 11 is 6.28. The van der Waals surface area contributed by atoms with E-state index in [0.29, 0.717) is 31.0 Å². The van der Waals surface area contributed by atoms with E-state index in [0.717, 1.165) is 0 Å². The SMILES string of the molecule is CCN(CC(C)C)c1c(-c2c(F)cc(F)cc2F)c(Cl)nc2ncnn12. The molecule has 9 heteroatoms. The van der Waals surface area contributed by atoms with Gasteiger partial charge >= 0.3 is 0 Å². The molecule has 0 aliphatic heterocycles. The summed E-state index contributed by atoms with van der Waals surface area (Å²) in [6, 6.07) is 1.23. The molecule has 2 aromatic heterocycles.